The molecule has 0 aliphatic heterocycles. The fourth-order valence-corrected chi connectivity index (χ4v) is 9.98. The van der Waals surface area contributed by atoms with Crippen LogP contribution in [0.4, 0.5) is 0 Å². The van der Waals surface area contributed by atoms with Crippen molar-refractivity contribution in [2.45, 2.75) is 19.3 Å². The first-order valence-electron chi connectivity index (χ1n) is 20.5. The molecule has 1 heterocycles. The van der Waals surface area contributed by atoms with Crippen LogP contribution in [0, 0.1) is 0 Å². The van der Waals surface area contributed by atoms with Gasteiger partial charge in [0.05, 0.1) is 11.4 Å². The van der Waals surface area contributed by atoms with Gasteiger partial charge in [0.15, 0.2) is 5.82 Å². The van der Waals surface area contributed by atoms with Gasteiger partial charge < -0.3 is 0 Å². The number of hydrogen-bond acceptors (Lipinski definition) is 2. The molecule has 0 atom stereocenters. The van der Waals surface area contributed by atoms with Gasteiger partial charge in [-0.2, -0.15) is 0 Å². The molecule has 59 heavy (non-hydrogen) atoms. The quantitative estimate of drug-likeness (QED) is 0.132. The molecular weight excluding hydrogens is 713 g/mol. The maximum Gasteiger partial charge on any atom is 0.160 e. The summed E-state index contributed by atoms with van der Waals surface area (Å²) in [5.74, 6) is 0.715. The van der Waals surface area contributed by atoms with Crippen molar-refractivity contribution in [3.8, 4) is 56.2 Å². The smallest absolute Gasteiger partial charge is 0.160 e. The first kappa shape index (κ1) is 33.7. The van der Waals surface area contributed by atoms with Crippen molar-refractivity contribution in [3.63, 3.8) is 0 Å². The van der Waals surface area contributed by atoms with Crippen LogP contribution in [-0.4, -0.2) is 9.97 Å². The minimum atomic E-state index is -0.160. The molecule has 11 aromatic rings. The molecule has 1 aliphatic rings. The Morgan fingerprint density at radius 1 is 0.322 bits per heavy atom. The van der Waals surface area contributed by atoms with Gasteiger partial charge in [-0.05, 0) is 112 Å². The molecule has 10 aromatic carbocycles. The molecule has 12 rings (SSSR count). The maximum absolute atomic E-state index is 5.39. The van der Waals surface area contributed by atoms with Crippen molar-refractivity contribution >= 4 is 53.9 Å². The molecular formula is C57H38N2. The van der Waals surface area contributed by atoms with Crippen molar-refractivity contribution in [3.05, 3.63) is 205 Å². The molecule has 2 nitrogen and oxygen atoms in total. The summed E-state index contributed by atoms with van der Waals surface area (Å²) in [6, 6.07) is 70.8. The van der Waals surface area contributed by atoms with Crippen molar-refractivity contribution in [1.29, 1.82) is 0 Å². The van der Waals surface area contributed by atoms with E-state index in [9.17, 15) is 0 Å². The summed E-state index contributed by atoms with van der Waals surface area (Å²) in [6.45, 7) is 4.71. The fourth-order valence-electron chi connectivity index (χ4n) is 9.98. The van der Waals surface area contributed by atoms with Crippen LogP contribution in [0.15, 0.2) is 194 Å². The van der Waals surface area contributed by atoms with Gasteiger partial charge in [0.2, 0.25) is 0 Å². The van der Waals surface area contributed by atoms with Gasteiger partial charge >= 0.3 is 0 Å². The van der Waals surface area contributed by atoms with E-state index in [-0.39, 0.29) is 5.41 Å². The van der Waals surface area contributed by atoms with Crippen molar-refractivity contribution in [2.75, 3.05) is 0 Å². The van der Waals surface area contributed by atoms with Crippen LogP contribution in [0.5, 0.6) is 0 Å². The van der Waals surface area contributed by atoms with Crippen molar-refractivity contribution in [1.82, 2.24) is 9.97 Å². The molecule has 0 saturated heterocycles. The molecule has 1 aromatic heterocycles. The number of hydrogen-bond donors (Lipinski definition) is 0. The molecule has 1 aliphatic carbocycles. The Morgan fingerprint density at radius 2 is 0.932 bits per heavy atom. The molecule has 2 heteroatoms. The summed E-state index contributed by atoms with van der Waals surface area (Å²) in [5, 5.41) is 12.4. The summed E-state index contributed by atoms with van der Waals surface area (Å²) < 4.78 is 0. The first-order chi connectivity index (χ1) is 29.0. The normalized spacial score (nSPS) is 13.1. The van der Waals surface area contributed by atoms with E-state index >= 15 is 0 Å². The van der Waals surface area contributed by atoms with Crippen LogP contribution in [0.25, 0.3) is 110 Å². The van der Waals surface area contributed by atoms with Gasteiger partial charge in [-0.3, -0.25) is 0 Å². The number of fused-ring (bicyclic) bond motifs is 9. The zero-order valence-corrected chi connectivity index (χ0v) is 32.9. The van der Waals surface area contributed by atoms with Crippen LogP contribution < -0.4 is 0 Å². The van der Waals surface area contributed by atoms with E-state index in [1.807, 2.05) is 6.07 Å². The number of benzene rings is 10. The molecule has 0 radical (unpaired) electrons. The predicted molar refractivity (Wildman–Crippen MR) is 249 cm³/mol. The molecule has 0 unspecified atom stereocenters. The lowest BCUT2D eigenvalue weighted by atomic mass is 9.81. The summed E-state index contributed by atoms with van der Waals surface area (Å²) in [7, 11) is 0. The molecule has 0 spiro atoms. The average Bonchev–Trinajstić information content (AvgIpc) is 3.52. The summed E-state index contributed by atoms with van der Waals surface area (Å²) in [5.41, 5.74) is 12.6. The highest BCUT2D eigenvalue weighted by atomic mass is 14.9. The Balaban J connectivity index is 1.11. The van der Waals surface area contributed by atoms with E-state index in [1.165, 1.54) is 81.9 Å². The second-order valence-electron chi connectivity index (χ2n) is 16.5. The summed E-state index contributed by atoms with van der Waals surface area (Å²) in [6.07, 6.45) is 0. The second kappa shape index (κ2) is 12.8. The van der Waals surface area contributed by atoms with Crippen LogP contribution in [0.3, 0.4) is 0 Å². The van der Waals surface area contributed by atoms with Gasteiger partial charge in [0.1, 0.15) is 0 Å². The highest BCUT2D eigenvalue weighted by molar-refractivity contribution is 6.23. The third-order valence-electron chi connectivity index (χ3n) is 12.8. The van der Waals surface area contributed by atoms with Gasteiger partial charge in [0.25, 0.3) is 0 Å². The SMILES string of the molecule is CC1(C)c2cc3ccccc3cc2-c2c(-c3cc(-c4ccc(-c5c6ccccc6cc6c5ccc5ccccc56)c5ccccc45)nc(-c4ccccc4)n3)cccc21. The standard InChI is InChI=1S/C57H38N2/c1-57(2)50-26-14-25-47(55(50)49-31-37-18-6-7-19-38(37)33-51(49)57)53-34-52(58-56(59-53)36-16-4-3-5-17-36)44-29-30-45(43-24-13-12-23-42(43)44)54-41-22-11-9-20-39(41)32-48-40-21-10-8-15-35(40)27-28-46(48)54/h3-34H,1-2H3. The summed E-state index contributed by atoms with van der Waals surface area (Å²) >= 11 is 0. The first-order valence-corrected chi connectivity index (χ1v) is 20.5. The number of rotatable bonds is 4. The van der Waals surface area contributed by atoms with E-state index in [2.05, 4.69) is 202 Å². The van der Waals surface area contributed by atoms with Crippen LogP contribution in [-0.2, 0) is 5.41 Å². The minimum Gasteiger partial charge on any atom is -0.228 e. The molecule has 276 valence electrons. The third kappa shape index (κ3) is 5.13. The average molecular weight is 751 g/mol. The largest absolute Gasteiger partial charge is 0.228 e. The fraction of sp³-hybridized carbons (Fsp3) is 0.0526. The minimum absolute atomic E-state index is 0.160. The molecule has 0 saturated carbocycles. The zero-order chi connectivity index (χ0) is 39.2. The lowest BCUT2D eigenvalue weighted by Crippen LogP contribution is -2.14. The van der Waals surface area contributed by atoms with Crippen molar-refractivity contribution in [2.24, 2.45) is 0 Å². The van der Waals surface area contributed by atoms with E-state index in [0.29, 0.717) is 5.82 Å². The molecule has 0 fully saturated rings. The Bertz CT molecular complexity index is 3520. The predicted octanol–water partition coefficient (Wildman–Crippen LogP) is 15.2. The number of nitrogens with zero attached hydrogens (tertiary/aromatic N) is 2. The Morgan fingerprint density at radius 3 is 1.71 bits per heavy atom. The lowest BCUT2D eigenvalue weighted by Gasteiger charge is -2.22. The summed E-state index contributed by atoms with van der Waals surface area (Å²) in [4.78, 5) is 10.8. The van der Waals surface area contributed by atoms with Gasteiger partial charge in [-0.15, -0.1) is 0 Å². The van der Waals surface area contributed by atoms with E-state index in [4.69, 9.17) is 9.97 Å². The van der Waals surface area contributed by atoms with Gasteiger partial charge in [-0.1, -0.05) is 184 Å². The topological polar surface area (TPSA) is 25.8 Å². The van der Waals surface area contributed by atoms with Gasteiger partial charge in [0, 0.05) is 22.1 Å². The third-order valence-corrected chi connectivity index (χ3v) is 12.8. The Hall–Kier alpha value is -7.42. The van der Waals surface area contributed by atoms with E-state index < -0.39 is 0 Å². The Labute approximate surface area is 343 Å². The van der Waals surface area contributed by atoms with Gasteiger partial charge in [-0.25, -0.2) is 9.97 Å². The van der Waals surface area contributed by atoms with E-state index in [0.717, 1.165) is 33.5 Å². The second-order valence-corrected chi connectivity index (χ2v) is 16.5. The number of aromatic nitrogens is 2. The van der Waals surface area contributed by atoms with Crippen LogP contribution in [0.1, 0.15) is 25.0 Å². The van der Waals surface area contributed by atoms with Crippen LogP contribution >= 0.6 is 0 Å². The highest BCUT2D eigenvalue weighted by Gasteiger charge is 2.37. The lowest BCUT2D eigenvalue weighted by molar-refractivity contribution is 0.661. The zero-order valence-electron chi connectivity index (χ0n) is 32.9. The monoisotopic (exact) mass is 750 g/mol. The van der Waals surface area contributed by atoms with Crippen LogP contribution in [0.2, 0.25) is 0 Å². The molecule has 0 amide bonds. The van der Waals surface area contributed by atoms with E-state index in [1.54, 1.807) is 0 Å². The molecule has 0 bridgehead atoms. The maximum atomic E-state index is 5.39. The van der Waals surface area contributed by atoms with Crippen molar-refractivity contribution < 1.29 is 0 Å². The molecule has 0 N–H and O–H groups in total. The Kier molecular flexibility index (Phi) is 7.31. The highest BCUT2D eigenvalue weighted by Crippen LogP contribution is 2.53.